The van der Waals surface area contributed by atoms with Gasteiger partial charge in [0.1, 0.15) is 16.4 Å². The summed E-state index contributed by atoms with van der Waals surface area (Å²) in [5.74, 6) is -0.255. The fraction of sp³-hybridized carbons (Fsp3) is 0.290. The lowest BCUT2D eigenvalue weighted by Gasteiger charge is -2.31. The van der Waals surface area contributed by atoms with Crippen LogP contribution in [-0.4, -0.2) is 67.6 Å². The van der Waals surface area contributed by atoms with E-state index in [0.717, 1.165) is 29.5 Å². The number of benzene rings is 1. The highest BCUT2D eigenvalue weighted by Gasteiger charge is 2.28. The van der Waals surface area contributed by atoms with Crippen molar-refractivity contribution in [1.29, 1.82) is 0 Å². The second kappa shape index (κ2) is 12.8. The van der Waals surface area contributed by atoms with Crippen LogP contribution in [0, 0.1) is 0 Å². The molecule has 0 unspecified atom stereocenters. The van der Waals surface area contributed by atoms with Crippen LogP contribution in [0.1, 0.15) is 49.3 Å². The van der Waals surface area contributed by atoms with E-state index in [2.05, 4.69) is 20.1 Å². The lowest BCUT2D eigenvalue weighted by Crippen LogP contribution is -2.41. The lowest BCUT2D eigenvalue weighted by atomic mass is 10.0. The van der Waals surface area contributed by atoms with Crippen molar-refractivity contribution in [1.82, 2.24) is 34.4 Å². The predicted molar refractivity (Wildman–Crippen MR) is 169 cm³/mol. The largest absolute Gasteiger partial charge is 0.382 e. The average molecular weight is 614 g/mol. The molecule has 0 aliphatic rings. The van der Waals surface area contributed by atoms with Crippen molar-refractivity contribution in [3.8, 4) is 22.4 Å². The summed E-state index contributed by atoms with van der Waals surface area (Å²) in [5.41, 5.74) is 16.4. The van der Waals surface area contributed by atoms with E-state index in [1.807, 2.05) is 56.3 Å². The molecular formula is C31H35N9O3S. The number of carbonyl (C=O) groups excluding carboxylic acids is 1. The zero-order chi connectivity index (χ0) is 31.4. The first-order valence-corrected chi connectivity index (χ1v) is 16.3. The highest BCUT2D eigenvalue weighted by Crippen LogP contribution is 2.31. The number of nitrogen functional groups attached to an aromatic ring is 2. The molecule has 0 saturated heterocycles. The number of hydrogen-bond acceptors (Lipinski definition) is 10. The van der Waals surface area contributed by atoms with Crippen molar-refractivity contribution in [3.05, 3.63) is 78.5 Å². The molecule has 0 bridgehead atoms. The third-order valence-electron chi connectivity index (χ3n) is 7.47. The zero-order valence-electron chi connectivity index (χ0n) is 24.9. The number of sulfone groups is 1. The lowest BCUT2D eigenvalue weighted by molar-refractivity contribution is 0.0656. The number of fused-ring (bicyclic) bond motifs is 1. The zero-order valence-corrected chi connectivity index (χ0v) is 25.7. The van der Waals surface area contributed by atoms with Crippen molar-refractivity contribution in [2.24, 2.45) is 0 Å². The number of rotatable bonds is 11. The maximum Gasteiger partial charge on any atom is 0.272 e. The van der Waals surface area contributed by atoms with Crippen molar-refractivity contribution in [2.75, 3.05) is 24.3 Å². The van der Waals surface area contributed by atoms with E-state index in [1.165, 1.54) is 16.8 Å². The number of nitrogens with zero attached hydrogens (tertiary/aromatic N) is 7. The van der Waals surface area contributed by atoms with E-state index in [9.17, 15) is 13.2 Å². The summed E-state index contributed by atoms with van der Waals surface area (Å²) in [4.78, 5) is 32.6. The minimum Gasteiger partial charge on any atom is -0.382 e. The van der Waals surface area contributed by atoms with Crippen molar-refractivity contribution in [3.63, 3.8) is 0 Å². The summed E-state index contributed by atoms with van der Waals surface area (Å²) >= 11 is 0. The van der Waals surface area contributed by atoms with Crippen LogP contribution in [0.5, 0.6) is 0 Å². The quantitative estimate of drug-likeness (QED) is 0.221. The molecule has 0 aliphatic heterocycles. The SMILES string of the molecule is CCCN(C(=O)c1ccnc(N)n1)[C@H](CC)CCc1nc2c(-c3ccc(-c4ccccc4)nc3)cnn2c(N)c1S(C)(=O)=O. The van der Waals surface area contributed by atoms with Gasteiger partial charge in [0, 0.05) is 47.9 Å². The highest BCUT2D eigenvalue weighted by molar-refractivity contribution is 7.91. The minimum atomic E-state index is -3.77. The Morgan fingerprint density at radius 3 is 2.39 bits per heavy atom. The van der Waals surface area contributed by atoms with Crippen LogP contribution >= 0.6 is 0 Å². The summed E-state index contributed by atoms with van der Waals surface area (Å²) < 4.78 is 27.3. The molecule has 1 atom stereocenters. The molecule has 4 heterocycles. The molecule has 0 aliphatic carbocycles. The summed E-state index contributed by atoms with van der Waals surface area (Å²) in [7, 11) is -3.77. The van der Waals surface area contributed by atoms with Gasteiger partial charge in [-0.05, 0) is 37.8 Å². The monoisotopic (exact) mass is 613 g/mol. The first-order chi connectivity index (χ1) is 21.1. The molecule has 228 valence electrons. The highest BCUT2D eigenvalue weighted by atomic mass is 32.2. The van der Waals surface area contributed by atoms with Crippen LogP contribution in [0.25, 0.3) is 28.0 Å². The second-order valence-electron chi connectivity index (χ2n) is 10.5. The van der Waals surface area contributed by atoms with Crippen LogP contribution in [0.2, 0.25) is 0 Å². The molecule has 0 saturated carbocycles. The molecule has 44 heavy (non-hydrogen) atoms. The number of aromatic nitrogens is 6. The molecule has 1 amide bonds. The van der Waals surface area contributed by atoms with Gasteiger partial charge in [-0.15, -0.1) is 0 Å². The van der Waals surface area contributed by atoms with Gasteiger partial charge in [0.15, 0.2) is 15.5 Å². The smallest absolute Gasteiger partial charge is 0.272 e. The molecule has 12 nitrogen and oxygen atoms in total. The third-order valence-corrected chi connectivity index (χ3v) is 8.65. The third kappa shape index (κ3) is 6.23. The Kier molecular flexibility index (Phi) is 8.86. The van der Waals surface area contributed by atoms with Gasteiger partial charge >= 0.3 is 0 Å². The predicted octanol–water partition coefficient (Wildman–Crippen LogP) is 4.08. The van der Waals surface area contributed by atoms with Crippen LogP contribution in [0.15, 0.2) is 72.0 Å². The van der Waals surface area contributed by atoms with Crippen LogP contribution in [0.4, 0.5) is 11.8 Å². The number of anilines is 2. The van der Waals surface area contributed by atoms with Crippen LogP contribution < -0.4 is 11.5 Å². The Labute approximate surface area is 256 Å². The molecule has 0 fully saturated rings. The second-order valence-corrected chi connectivity index (χ2v) is 12.5. The Balaban J connectivity index is 1.50. The van der Waals surface area contributed by atoms with Crippen molar-refractivity contribution < 1.29 is 13.2 Å². The fourth-order valence-corrected chi connectivity index (χ4v) is 6.42. The summed E-state index contributed by atoms with van der Waals surface area (Å²) in [6, 6.07) is 15.0. The molecular weight excluding hydrogens is 578 g/mol. The molecule has 0 radical (unpaired) electrons. The van der Waals surface area contributed by atoms with E-state index in [-0.39, 0.29) is 40.7 Å². The molecule has 5 aromatic rings. The normalized spacial score (nSPS) is 12.3. The number of carbonyl (C=O) groups is 1. The first-order valence-electron chi connectivity index (χ1n) is 14.4. The van der Waals surface area contributed by atoms with Crippen LogP contribution in [-0.2, 0) is 16.3 Å². The van der Waals surface area contributed by atoms with Crippen LogP contribution in [0.3, 0.4) is 0 Å². The molecule has 13 heteroatoms. The van der Waals surface area contributed by atoms with E-state index in [0.29, 0.717) is 36.3 Å². The number of amides is 1. The summed E-state index contributed by atoms with van der Waals surface area (Å²) in [6.45, 7) is 4.47. The van der Waals surface area contributed by atoms with Gasteiger partial charge in [0.05, 0.1) is 17.6 Å². The maximum absolute atomic E-state index is 13.5. The van der Waals surface area contributed by atoms with Gasteiger partial charge in [0.2, 0.25) is 5.95 Å². The molecule has 1 aromatic carbocycles. The standard InChI is InChI=1S/C31H35N9O3S/c1-4-17-39(30(41)26-15-16-34-31(33)38-26)22(5-2)12-14-25-27(44(3,42)43)28(32)40-29(37-25)23(19-36-40)21-11-13-24(35-18-21)20-9-7-6-8-10-20/h6-11,13,15-16,18-19,22H,4-5,12,14,17,32H2,1-3H3,(H2,33,34,38)/t22-/m1/s1. The number of aryl methyl sites for hydroxylation is 1. The maximum atomic E-state index is 13.5. The summed E-state index contributed by atoms with van der Waals surface area (Å²) in [6.07, 6.45) is 7.98. The molecule has 4 N–H and O–H groups in total. The van der Waals surface area contributed by atoms with Gasteiger partial charge in [-0.2, -0.15) is 9.61 Å². The Morgan fingerprint density at radius 2 is 1.75 bits per heavy atom. The van der Waals surface area contributed by atoms with E-state index < -0.39 is 9.84 Å². The molecule has 0 spiro atoms. The van der Waals surface area contributed by atoms with E-state index in [1.54, 1.807) is 17.3 Å². The Hall–Kier alpha value is -4.91. The van der Waals surface area contributed by atoms with Gasteiger partial charge in [0.25, 0.3) is 5.91 Å². The van der Waals surface area contributed by atoms with E-state index >= 15 is 0 Å². The Morgan fingerprint density at radius 1 is 0.977 bits per heavy atom. The molecule has 5 rings (SSSR count). The van der Waals surface area contributed by atoms with Gasteiger partial charge in [-0.1, -0.05) is 50.2 Å². The van der Waals surface area contributed by atoms with Crippen molar-refractivity contribution >= 4 is 33.2 Å². The average Bonchev–Trinajstić information content (AvgIpc) is 3.45. The van der Waals surface area contributed by atoms with Gasteiger partial charge in [-0.3, -0.25) is 9.78 Å². The molecule has 4 aromatic heterocycles. The first kappa shape index (κ1) is 30.5. The Bertz CT molecular complexity index is 1890. The minimum absolute atomic E-state index is 0.0152. The van der Waals surface area contributed by atoms with E-state index in [4.69, 9.17) is 16.5 Å². The number of pyridine rings is 1. The fourth-order valence-electron chi connectivity index (χ4n) is 5.37. The summed E-state index contributed by atoms with van der Waals surface area (Å²) in [5, 5.41) is 4.38. The topological polar surface area (TPSA) is 175 Å². The number of nitrogens with two attached hydrogens (primary N) is 2. The van der Waals surface area contributed by atoms with Gasteiger partial charge < -0.3 is 16.4 Å². The number of hydrogen-bond donors (Lipinski definition) is 2. The van der Waals surface area contributed by atoms with Gasteiger partial charge in [-0.25, -0.2) is 23.4 Å². The van der Waals surface area contributed by atoms with Crippen molar-refractivity contribution in [2.45, 2.75) is 50.5 Å².